The predicted octanol–water partition coefficient (Wildman–Crippen LogP) is 11.4. The monoisotopic (exact) mass is 750 g/mol. The molecule has 0 radical (unpaired) electrons. The number of amidine groups is 2. The number of hydrogen-bond acceptors (Lipinski definition) is 5. The number of para-hydroxylation sites is 2. The van der Waals surface area contributed by atoms with Gasteiger partial charge in [0, 0.05) is 41.9 Å². The molecule has 270 valence electrons. The van der Waals surface area contributed by atoms with Crippen LogP contribution >= 0.6 is 11.3 Å². The van der Waals surface area contributed by atoms with Gasteiger partial charge in [0.1, 0.15) is 23.2 Å². The largest absolute Gasteiger partial charge is 0.456 e. The third kappa shape index (κ3) is 5.14. The lowest BCUT2D eigenvalue weighted by Gasteiger charge is -2.24. The van der Waals surface area contributed by atoms with Crippen molar-refractivity contribution in [3.63, 3.8) is 0 Å². The van der Waals surface area contributed by atoms with Gasteiger partial charge < -0.3 is 14.3 Å². The molecule has 1 N–H and O–H groups in total. The molecule has 1 aliphatic heterocycles. The Kier molecular flexibility index (Phi) is 7.22. The molecule has 5 nitrogen and oxygen atoms in total. The van der Waals surface area contributed by atoms with E-state index in [1.165, 1.54) is 52.8 Å². The molecule has 0 spiro atoms. The van der Waals surface area contributed by atoms with Gasteiger partial charge in [-0.2, -0.15) is 0 Å². The van der Waals surface area contributed by atoms with Gasteiger partial charge in [0.15, 0.2) is 5.84 Å². The highest BCUT2D eigenvalue weighted by molar-refractivity contribution is 7.17. The molecule has 0 fully saturated rings. The molecule has 1 unspecified atom stereocenters. The molecule has 0 bridgehead atoms. The standard InChI is InChI=1S/C51H34N4OS/c1-3-13-31(14-4-1)49-52-50(32-15-5-2-6-16-32)54-51(53-49)38-20-11-19-37-39-29-34(26-28-46(39)57-48(37)38)33-25-27-44-40(30-33)47-43(23-12-24-45(47)56-44)55-41-21-9-7-17-35(41)36-18-8-10-22-42(36)55/h1-10,12-19,21-30,49H,11,20H2,(H,52,53,54). The topological polar surface area (TPSA) is 54.8 Å². The van der Waals surface area contributed by atoms with Crippen molar-refractivity contribution in [3.8, 4) is 16.8 Å². The SMILES string of the molecule is C1=c2c(sc3ccc(-c4ccc5oc6cccc(-n7c8ccccc8c8ccccc87)c6c5c4)cc23)=C(C2=NC(c3ccccc3)NC(c3ccccc3)=N2)CC1. The number of nitrogens with zero attached hydrogens (tertiary/aromatic N) is 3. The zero-order valence-corrected chi connectivity index (χ0v) is 31.6. The van der Waals surface area contributed by atoms with Crippen molar-refractivity contribution in [2.24, 2.45) is 9.98 Å². The zero-order valence-electron chi connectivity index (χ0n) is 30.8. The number of hydrogen-bond donors (Lipinski definition) is 1. The third-order valence-corrected chi connectivity index (χ3v) is 12.8. The summed E-state index contributed by atoms with van der Waals surface area (Å²) in [5.41, 5.74) is 11.0. The van der Waals surface area contributed by atoms with Gasteiger partial charge >= 0.3 is 0 Å². The number of aliphatic imine (C=N–C) groups is 2. The van der Waals surface area contributed by atoms with Crippen LogP contribution in [0.4, 0.5) is 0 Å². The first-order valence-electron chi connectivity index (χ1n) is 19.5. The number of nitrogens with one attached hydrogen (secondary N) is 1. The average Bonchev–Trinajstić information content (AvgIpc) is 3.96. The summed E-state index contributed by atoms with van der Waals surface area (Å²) in [5, 5.41) is 10.9. The van der Waals surface area contributed by atoms with Crippen LogP contribution in [0.25, 0.3) is 82.3 Å². The summed E-state index contributed by atoms with van der Waals surface area (Å²) in [5.74, 6) is 1.67. The minimum Gasteiger partial charge on any atom is -0.456 e. The second kappa shape index (κ2) is 12.8. The molecule has 0 amide bonds. The summed E-state index contributed by atoms with van der Waals surface area (Å²) in [6.07, 6.45) is 4.03. The number of thiophene rings is 1. The van der Waals surface area contributed by atoms with Crippen molar-refractivity contribution in [1.29, 1.82) is 0 Å². The van der Waals surface area contributed by atoms with Crippen LogP contribution in [0, 0.1) is 0 Å². The van der Waals surface area contributed by atoms with Crippen molar-refractivity contribution in [2.45, 2.75) is 19.0 Å². The van der Waals surface area contributed by atoms with Gasteiger partial charge in [0.2, 0.25) is 0 Å². The first-order chi connectivity index (χ1) is 28.2. The summed E-state index contributed by atoms with van der Waals surface area (Å²) in [4.78, 5) is 10.5. The smallest absolute Gasteiger partial charge is 0.156 e. The van der Waals surface area contributed by atoms with Gasteiger partial charge in [-0.1, -0.05) is 121 Å². The number of furan rings is 1. The van der Waals surface area contributed by atoms with Gasteiger partial charge in [0.05, 0.1) is 22.1 Å². The maximum atomic E-state index is 6.53. The second-order valence-electron chi connectivity index (χ2n) is 14.8. The molecular formula is C51H34N4OS. The Morgan fingerprint density at radius 3 is 2.11 bits per heavy atom. The van der Waals surface area contributed by atoms with E-state index in [9.17, 15) is 0 Å². The van der Waals surface area contributed by atoms with Crippen LogP contribution in [0.5, 0.6) is 0 Å². The lowest BCUT2D eigenvalue weighted by atomic mass is 9.98. The van der Waals surface area contributed by atoms with Crippen LogP contribution in [0.1, 0.15) is 30.1 Å². The van der Waals surface area contributed by atoms with Crippen molar-refractivity contribution < 1.29 is 4.42 Å². The molecule has 3 aromatic heterocycles. The van der Waals surface area contributed by atoms with Crippen LogP contribution < -0.4 is 15.1 Å². The van der Waals surface area contributed by atoms with E-state index in [2.05, 4.69) is 168 Å². The van der Waals surface area contributed by atoms with E-state index in [-0.39, 0.29) is 6.17 Å². The first kappa shape index (κ1) is 32.2. The minimum absolute atomic E-state index is 0.221. The Morgan fingerprint density at radius 1 is 0.614 bits per heavy atom. The van der Waals surface area contributed by atoms with E-state index in [1.807, 2.05) is 23.5 Å². The summed E-state index contributed by atoms with van der Waals surface area (Å²) in [7, 11) is 0. The Morgan fingerprint density at radius 2 is 1.32 bits per heavy atom. The highest BCUT2D eigenvalue weighted by atomic mass is 32.1. The van der Waals surface area contributed by atoms with Crippen molar-refractivity contribution in [3.05, 3.63) is 185 Å². The molecule has 57 heavy (non-hydrogen) atoms. The van der Waals surface area contributed by atoms with Crippen LogP contribution in [0.15, 0.2) is 178 Å². The average molecular weight is 751 g/mol. The van der Waals surface area contributed by atoms with Crippen molar-refractivity contribution in [2.75, 3.05) is 0 Å². The maximum absolute atomic E-state index is 6.53. The van der Waals surface area contributed by atoms with Gasteiger partial charge in [0.25, 0.3) is 0 Å². The number of aromatic nitrogens is 1. The molecule has 1 atom stereocenters. The number of benzene rings is 7. The molecule has 1 aliphatic carbocycles. The Hall–Kier alpha value is -7.02. The van der Waals surface area contributed by atoms with Crippen LogP contribution in [-0.4, -0.2) is 16.2 Å². The quantitative estimate of drug-likeness (QED) is 0.190. The summed E-state index contributed by atoms with van der Waals surface area (Å²) < 4.78 is 11.5. The fraction of sp³-hybridized carbons (Fsp3) is 0.0588. The van der Waals surface area contributed by atoms with Gasteiger partial charge in [-0.15, -0.1) is 11.3 Å². The maximum Gasteiger partial charge on any atom is 0.156 e. The van der Waals surface area contributed by atoms with Gasteiger partial charge in [-0.25, -0.2) is 9.98 Å². The molecule has 6 heteroatoms. The van der Waals surface area contributed by atoms with Crippen molar-refractivity contribution >= 4 is 88.5 Å². The van der Waals surface area contributed by atoms with Crippen LogP contribution in [0.2, 0.25) is 0 Å². The second-order valence-corrected chi connectivity index (χ2v) is 15.9. The minimum atomic E-state index is -0.221. The summed E-state index contributed by atoms with van der Waals surface area (Å²) in [6.45, 7) is 0. The fourth-order valence-electron chi connectivity index (χ4n) is 8.90. The molecule has 2 aliphatic rings. The highest BCUT2D eigenvalue weighted by Gasteiger charge is 2.24. The van der Waals surface area contributed by atoms with E-state index in [4.69, 9.17) is 14.4 Å². The van der Waals surface area contributed by atoms with Crippen LogP contribution in [-0.2, 0) is 0 Å². The van der Waals surface area contributed by atoms with Crippen LogP contribution in [0.3, 0.4) is 0 Å². The zero-order chi connectivity index (χ0) is 37.5. The fourth-order valence-corrected chi connectivity index (χ4v) is 10.2. The van der Waals surface area contributed by atoms with E-state index in [0.717, 1.165) is 68.8 Å². The van der Waals surface area contributed by atoms with E-state index < -0.39 is 0 Å². The molecule has 10 aromatic rings. The van der Waals surface area contributed by atoms with E-state index in [0.29, 0.717) is 0 Å². The normalized spacial score (nSPS) is 15.5. The Balaban J connectivity index is 1.01. The summed E-state index contributed by atoms with van der Waals surface area (Å²) >= 11 is 1.85. The lowest BCUT2D eigenvalue weighted by molar-refractivity contribution is 0.669. The molecule has 4 heterocycles. The van der Waals surface area contributed by atoms with Crippen molar-refractivity contribution in [1.82, 2.24) is 9.88 Å². The van der Waals surface area contributed by atoms with E-state index >= 15 is 0 Å². The Bertz CT molecular complexity index is 3390. The highest BCUT2D eigenvalue weighted by Crippen LogP contribution is 2.40. The Labute approximate surface area is 331 Å². The lowest BCUT2D eigenvalue weighted by Crippen LogP contribution is -2.35. The van der Waals surface area contributed by atoms with E-state index in [1.54, 1.807) is 0 Å². The molecule has 0 saturated heterocycles. The molecule has 12 rings (SSSR count). The third-order valence-electron chi connectivity index (χ3n) is 11.5. The molecule has 7 aromatic carbocycles. The first-order valence-corrected chi connectivity index (χ1v) is 20.3. The van der Waals surface area contributed by atoms with Gasteiger partial charge in [-0.05, 0) is 83.3 Å². The number of rotatable bonds is 5. The molecular weight excluding hydrogens is 717 g/mol. The predicted molar refractivity (Wildman–Crippen MR) is 238 cm³/mol. The number of fused-ring (bicyclic) bond motifs is 9. The summed E-state index contributed by atoms with van der Waals surface area (Å²) in [6, 6.07) is 58.2. The van der Waals surface area contributed by atoms with Gasteiger partial charge in [-0.3, -0.25) is 0 Å². The molecule has 0 saturated carbocycles.